The Morgan fingerprint density at radius 3 is 2.33 bits per heavy atom. The molecule has 15 heavy (non-hydrogen) atoms. The van der Waals surface area contributed by atoms with E-state index in [1.165, 1.54) is 0 Å². The molecule has 0 bridgehead atoms. The molecule has 1 unspecified atom stereocenters. The minimum Gasteiger partial charge on any atom is -0.395 e. The van der Waals surface area contributed by atoms with Gasteiger partial charge in [0.05, 0.1) is 13.2 Å². The van der Waals surface area contributed by atoms with Crippen LogP contribution in [0.15, 0.2) is 24.3 Å². The predicted octanol–water partition coefficient (Wildman–Crippen LogP) is 1.04. The molecular formula is C12H19NO2. The Morgan fingerprint density at radius 1 is 1.33 bits per heavy atom. The number of nitrogens with two attached hydrogens (primary N) is 1. The average molecular weight is 209 g/mol. The molecule has 3 N–H and O–H groups in total. The second-order valence-corrected chi connectivity index (χ2v) is 4.05. The van der Waals surface area contributed by atoms with Crippen molar-refractivity contribution in [1.29, 1.82) is 0 Å². The van der Waals surface area contributed by atoms with E-state index in [2.05, 4.69) is 0 Å². The van der Waals surface area contributed by atoms with Gasteiger partial charge >= 0.3 is 0 Å². The number of benzene rings is 1. The third kappa shape index (κ3) is 2.78. The monoisotopic (exact) mass is 209 g/mol. The Hall–Kier alpha value is -0.900. The molecule has 0 aliphatic carbocycles. The number of rotatable bonds is 5. The van der Waals surface area contributed by atoms with Gasteiger partial charge in [-0.2, -0.15) is 0 Å². The summed E-state index contributed by atoms with van der Waals surface area (Å²) < 4.78 is 5.03. The van der Waals surface area contributed by atoms with E-state index in [4.69, 9.17) is 10.5 Å². The van der Waals surface area contributed by atoms with E-state index in [0.29, 0.717) is 13.2 Å². The average Bonchev–Trinajstić information content (AvgIpc) is 2.29. The first-order valence-corrected chi connectivity index (χ1v) is 5.05. The van der Waals surface area contributed by atoms with Crippen LogP contribution in [0.25, 0.3) is 0 Å². The second kappa shape index (κ2) is 5.26. The first-order valence-electron chi connectivity index (χ1n) is 5.05. The molecule has 84 valence electrons. The molecule has 0 fully saturated rings. The van der Waals surface area contributed by atoms with E-state index < -0.39 is 0 Å². The molecule has 1 aromatic carbocycles. The van der Waals surface area contributed by atoms with Gasteiger partial charge in [-0.05, 0) is 11.1 Å². The summed E-state index contributed by atoms with van der Waals surface area (Å²) in [5.41, 5.74) is 7.51. The molecule has 0 aliphatic heterocycles. The summed E-state index contributed by atoms with van der Waals surface area (Å²) in [6.07, 6.45) is 0. The smallest absolute Gasteiger partial charge is 0.0713 e. The van der Waals surface area contributed by atoms with Crippen molar-refractivity contribution in [3.63, 3.8) is 0 Å². The molecule has 0 saturated carbocycles. The highest BCUT2D eigenvalue weighted by Gasteiger charge is 2.23. The third-order valence-electron chi connectivity index (χ3n) is 2.76. The van der Waals surface area contributed by atoms with Crippen LogP contribution in [-0.4, -0.2) is 25.4 Å². The van der Waals surface area contributed by atoms with Crippen LogP contribution in [0.3, 0.4) is 0 Å². The van der Waals surface area contributed by atoms with Crippen LogP contribution in [0, 0.1) is 0 Å². The summed E-state index contributed by atoms with van der Waals surface area (Å²) in [4.78, 5) is 0. The minimum absolute atomic E-state index is 0.0626. The van der Waals surface area contributed by atoms with Gasteiger partial charge in [-0.25, -0.2) is 0 Å². The number of hydrogen-bond donors (Lipinski definition) is 2. The Balaban J connectivity index is 2.87. The van der Waals surface area contributed by atoms with Crippen molar-refractivity contribution in [1.82, 2.24) is 0 Å². The van der Waals surface area contributed by atoms with Crippen molar-refractivity contribution >= 4 is 0 Å². The van der Waals surface area contributed by atoms with Crippen LogP contribution in [0.4, 0.5) is 0 Å². The highest BCUT2D eigenvalue weighted by atomic mass is 16.5. The lowest BCUT2D eigenvalue weighted by atomic mass is 9.83. The summed E-state index contributed by atoms with van der Waals surface area (Å²) in [6.45, 7) is 3.07. The lowest BCUT2D eigenvalue weighted by Crippen LogP contribution is -2.35. The number of ether oxygens (including phenoxy) is 1. The Morgan fingerprint density at radius 2 is 1.93 bits per heavy atom. The summed E-state index contributed by atoms with van der Waals surface area (Å²) in [5.74, 6) is 0. The fraction of sp³-hybridized carbons (Fsp3) is 0.500. The van der Waals surface area contributed by atoms with Gasteiger partial charge in [0.15, 0.2) is 0 Å². The third-order valence-corrected chi connectivity index (χ3v) is 2.76. The van der Waals surface area contributed by atoms with Crippen LogP contribution in [0.1, 0.15) is 18.1 Å². The quantitative estimate of drug-likeness (QED) is 0.762. The molecule has 0 aliphatic rings. The summed E-state index contributed by atoms with van der Waals surface area (Å²) in [5, 5.41) is 9.31. The molecule has 1 aromatic rings. The minimum atomic E-state index is -0.342. The number of aliphatic hydroxyl groups is 1. The standard InChI is InChI=1S/C12H19NO2/c1-12(8-13,9-14)11-5-3-10(4-6-11)7-15-2/h3-6,14H,7-9,13H2,1-2H3. The molecule has 3 nitrogen and oxygen atoms in total. The lowest BCUT2D eigenvalue weighted by molar-refractivity contribution is 0.184. The van der Waals surface area contributed by atoms with Gasteiger partial charge < -0.3 is 15.6 Å². The van der Waals surface area contributed by atoms with Crippen LogP contribution < -0.4 is 5.73 Å². The molecule has 0 heterocycles. The van der Waals surface area contributed by atoms with Crippen molar-refractivity contribution in [3.05, 3.63) is 35.4 Å². The van der Waals surface area contributed by atoms with Gasteiger partial charge in [0, 0.05) is 19.1 Å². The topological polar surface area (TPSA) is 55.5 Å². The largest absolute Gasteiger partial charge is 0.395 e. The van der Waals surface area contributed by atoms with Gasteiger partial charge in [-0.3, -0.25) is 0 Å². The maximum absolute atomic E-state index is 9.31. The SMILES string of the molecule is COCc1ccc(C(C)(CN)CO)cc1. The molecule has 1 atom stereocenters. The molecule has 0 spiro atoms. The number of methoxy groups -OCH3 is 1. The van der Waals surface area contributed by atoms with E-state index in [-0.39, 0.29) is 12.0 Å². The predicted molar refractivity (Wildman–Crippen MR) is 60.6 cm³/mol. The van der Waals surface area contributed by atoms with E-state index in [9.17, 15) is 5.11 Å². The lowest BCUT2D eigenvalue weighted by Gasteiger charge is -2.26. The van der Waals surface area contributed by atoms with Gasteiger partial charge in [0.1, 0.15) is 0 Å². The number of hydrogen-bond acceptors (Lipinski definition) is 3. The van der Waals surface area contributed by atoms with Crippen molar-refractivity contribution in [2.75, 3.05) is 20.3 Å². The first kappa shape index (κ1) is 12.2. The van der Waals surface area contributed by atoms with E-state index in [1.807, 2.05) is 31.2 Å². The Bertz CT molecular complexity index is 291. The molecule has 3 heteroatoms. The second-order valence-electron chi connectivity index (χ2n) is 4.05. The van der Waals surface area contributed by atoms with Crippen molar-refractivity contribution in [2.24, 2.45) is 5.73 Å². The summed E-state index contributed by atoms with van der Waals surface area (Å²) >= 11 is 0. The zero-order valence-corrected chi connectivity index (χ0v) is 9.36. The molecule has 0 aromatic heterocycles. The van der Waals surface area contributed by atoms with Crippen molar-refractivity contribution < 1.29 is 9.84 Å². The maximum Gasteiger partial charge on any atom is 0.0713 e. The fourth-order valence-electron chi connectivity index (χ4n) is 1.44. The molecule has 0 amide bonds. The van der Waals surface area contributed by atoms with Gasteiger partial charge in [0.2, 0.25) is 0 Å². The molecule has 1 rings (SSSR count). The molecular weight excluding hydrogens is 190 g/mol. The van der Waals surface area contributed by atoms with Gasteiger partial charge in [0.25, 0.3) is 0 Å². The van der Waals surface area contributed by atoms with E-state index in [1.54, 1.807) is 7.11 Å². The van der Waals surface area contributed by atoms with E-state index >= 15 is 0 Å². The van der Waals surface area contributed by atoms with E-state index in [0.717, 1.165) is 11.1 Å². The number of aliphatic hydroxyl groups excluding tert-OH is 1. The van der Waals surface area contributed by atoms with Crippen LogP contribution >= 0.6 is 0 Å². The zero-order chi connectivity index (χ0) is 11.3. The van der Waals surface area contributed by atoms with Crippen LogP contribution in [0.5, 0.6) is 0 Å². The highest BCUT2D eigenvalue weighted by molar-refractivity contribution is 5.29. The van der Waals surface area contributed by atoms with Gasteiger partial charge in [-0.1, -0.05) is 31.2 Å². The summed E-state index contributed by atoms with van der Waals surface area (Å²) in [7, 11) is 1.67. The Labute approximate surface area is 90.9 Å². The summed E-state index contributed by atoms with van der Waals surface area (Å²) in [6, 6.07) is 8.00. The normalized spacial score (nSPS) is 14.9. The molecule has 0 radical (unpaired) electrons. The Kier molecular flexibility index (Phi) is 4.27. The van der Waals surface area contributed by atoms with Crippen LogP contribution in [-0.2, 0) is 16.8 Å². The first-order chi connectivity index (χ1) is 7.16. The van der Waals surface area contributed by atoms with Crippen molar-refractivity contribution in [2.45, 2.75) is 18.9 Å². The molecule has 0 saturated heterocycles. The highest BCUT2D eigenvalue weighted by Crippen LogP contribution is 2.22. The maximum atomic E-state index is 9.31. The zero-order valence-electron chi connectivity index (χ0n) is 9.36. The fourth-order valence-corrected chi connectivity index (χ4v) is 1.44. The van der Waals surface area contributed by atoms with Crippen molar-refractivity contribution in [3.8, 4) is 0 Å². The van der Waals surface area contributed by atoms with Gasteiger partial charge in [-0.15, -0.1) is 0 Å². The van der Waals surface area contributed by atoms with Crippen LogP contribution in [0.2, 0.25) is 0 Å².